The van der Waals surface area contributed by atoms with Gasteiger partial charge in [-0.2, -0.15) is 9.78 Å². The van der Waals surface area contributed by atoms with Gasteiger partial charge in [-0.1, -0.05) is 0 Å². The molecule has 9 heteroatoms. The van der Waals surface area contributed by atoms with Gasteiger partial charge in [0.25, 0.3) is 5.91 Å². The summed E-state index contributed by atoms with van der Waals surface area (Å²) in [5, 5.41) is 7.49. The van der Waals surface area contributed by atoms with Gasteiger partial charge < -0.3 is 24.1 Å². The lowest BCUT2D eigenvalue weighted by molar-refractivity contribution is -0.0856. The molecular weight excluding hydrogens is 388 g/mol. The summed E-state index contributed by atoms with van der Waals surface area (Å²) in [5.41, 5.74) is 3.40. The van der Waals surface area contributed by atoms with Crippen LogP contribution in [0.4, 0.5) is 4.79 Å². The molecule has 3 aliphatic rings. The molecule has 2 aromatic rings. The predicted octanol–water partition coefficient (Wildman–Crippen LogP) is 1.71. The maximum absolute atomic E-state index is 12.8. The molecule has 0 bridgehead atoms. The summed E-state index contributed by atoms with van der Waals surface area (Å²) in [6.07, 6.45) is 4.48. The van der Waals surface area contributed by atoms with Crippen molar-refractivity contribution in [1.82, 2.24) is 20.0 Å². The smallest absolute Gasteiger partial charge is 0.344 e. The number of carbonyl (C=O) groups is 2. The highest BCUT2D eigenvalue weighted by Crippen LogP contribution is 2.58. The molecule has 0 radical (unpaired) electrons. The van der Waals surface area contributed by atoms with Crippen LogP contribution in [0.2, 0.25) is 0 Å². The quantitative estimate of drug-likeness (QED) is 0.821. The van der Waals surface area contributed by atoms with Crippen LogP contribution in [0.15, 0.2) is 10.6 Å². The lowest BCUT2D eigenvalue weighted by Gasteiger charge is -2.22. The standard InChI is InChI=1S/C21H26N4O5/c1-12-16-15(30-18(12)19(26)22-9-13-11-28-6-7-29-13)8-21(4-5-21)14-10-25(23-17(14)16)20(27)24(2)3/h10,13H,4-9,11H2,1-3H3,(H,22,26)/t13-/m1/s1. The molecule has 160 valence electrons. The van der Waals surface area contributed by atoms with Crippen LogP contribution < -0.4 is 5.32 Å². The van der Waals surface area contributed by atoms with Crippen LogP contribution in [0.1, 0.15) is 40.3 Å². The largest absolute Gasteiger partial charge is 0.455 e. The minimum absolute atomic E-state index is 0.0293. The second-order valence-corrected chi connectivity index (χ2v) is 8.60. The number of hydrogen-bond acceptors (Lipinski definition) is 6. The first-order valence-electron chi connectivity index (χ1n) is 10.3. The molecule has 0 aromatic carbocycles. The lowest BCUT2D eigenvalue weighted by atomic mass is 9.82. The molecule has 1 saturated heterocycles. The van der Waals surface area contributed by atoms with E-state index in [4.69, 9.17) is 13.9 Å². The van der Waals surface area contributed by atoms with Crippen molar-refractivity contribution in [3.05, 3.63) is 28.8 Å². The van der Waals surface area contributed by atoms with Crippen LogP contribution in [0.25, 0.3) is 11.3 Å². The van der Waals surface area contributed by atoms with Crippen LogP contribution in [0.5, 0.6) is 0 Å². The van der Waals surface area contributed by atoms with Gasteiger partial charge in [-0.3, -0.25) is 4.79 Å². The van der Waals surface area contributed by atoms with Crippen molar-refractivity contribution < 1.29 is 23.5 Å². The van der Waals surface area contributed by atoms with Crippen molar-refractivity contribution in [3.63, 3.8) is 0 Å². The van der Waals surface area contributed by atoms with E-state index in [2.05, 4.69) is 10.4 Å². The van der Waals surface area contributed by atoms with Crippen molar-refractivity contribution in [2.24, 2.45) is 0 Å². The summed E-state index contributed by atoms with van der Waals surface area (Å²) < 4.78 is 18.4. The number of aromatic nitrogens is 2. The number of rotatable bonds is 3. The van der Waals surface area contributed by atoms with Crippen LogP contribution in [-0.2, 0) is 21.3 Å². The van der Waals surface area contributed by atoms with E-state index >= 15 is 0 Å². The highest BCUT2D eigenvalue weighted by atomic mass is 16.6. The number of furan rings is 1. The number of nitrogens with one attached hydrogen (secondary N) is 1. The summed E-state index contributed by atoms with van der Waals surface area (Å²) in [5.74, 6) is 0.808. The maximum Gasteiger partial charge on any atom is 0.344 e. The fraction of sp³-hybridized carbons (Fsp3) is 0.571. The SMILES string of the molecule is Cc1c(C(=O)NC[C@@H]2COCCO2)oc2c1-c1nn(C(=O)N(C)C)cc1C1(CC1)C2. The first kappa shape index (κ1) is 19.3. The van der Waals surface area contributed by atoms with Gasteiger partial charge in [0.1, 0.15) is 11.5 Å². The molecule has 1 spiro atoms. The topological polar surface area (TPSA) is 98.8 Å². The van der Waals surface area contributed by atoms with Crippen LogP contribution >= 0.6 is 0 Å². The number of carbonyl (C=O) groups excluding carboxylic acids is 2. The maximum atomic E-state index is 12.8. The first-order chi connectivity index (χ1) is 14.4. The molecule has 9 nitrogen and oxygen atoms in total. The third kappa shape index (κ3) is 3.04. The zero-order chi connectivity index (χ0) is 21.0. The molecule has 2 amide bonds. The van der Waals surface area contributed by atoms with E-state index in [0.717, 1.165) is 47.4 Å². The zero-order valence-corrected chi connectivity index (χ0v) is 17.5. The normalized spacial score (nSPS) is 21.1. The van der Waals surface area contributed by atoms with Crippen molar-refractivity contribution in [2.45, 2.75) is 37.7 Å². The van der Waals surface area contributed by atoms with Gasteiger partial charge in [0, 0.05) is 55.4 Å². The van der Waals surface area contributed by atoms with E-state index in [1.807, 2.05) is 13.1 Å². The minimum Gasteiger partial charge on any atom is -0.455 e. The van der Waals surface area contributed by atoms with Crippen LogP contribution in [0.3, 0.4) is 0 Å². The summed E-state index contributed by atoms with van der Waals surface area (Å²) in [7, 11) is 3.40. The Morgan fingerprint density at radius 2 is 2.13 bits per heavy atom. The van der Waals surface area contributed by atoms with E-state index in [9.17, 15) is 9.59 Å². The van der Waals surface area contributed by atoms with E-state index in [-0.39, 0.29) is 23.5 Å². The van der Waals surface area contributed by atoms with Gasteiger partial charge in [-0.05, 0) is 19.8 Å². The Bertz CT molecular complexity index is 1010. The Morgan fingerprint density at radius 3 is 2.80 bits per heavy atom. The van der Waals surface area contributed by atoms with Gasteiger partial charge in [-0.15, -0.1) is 0 Å². The summed E-state index contributed by atoms with van der Waals surface area (Å²) in [6.45, 7) is 3.83. The van der Waals surface area contributed by atoms with Crippen LogP contribution in [-0.4, -0.2) is 73.2 Å². The number of nitrogens with zero attached hydrogens (tertiary/aromatic N) is 3. The van der Waals surface area contributed by atoms with Gasteiger partial charge in [0.05, 0.1) is 25.9 Å². The Hall–Kier alpha value is -2.65. The van der Waals surface area contributed by atoms with Gasteiger partial charge in [0.2, 0.25) is 0 Å². The molecule has 1 saturated carbocycles. The number of ether oxygens (including phenoxy) is 2. The summed E-state index contributed by atoms with van der Waals surface area (Å²) >= 11 is 0. The van der Waals surface area contributed by atoms with E-state index in [1.54, 1.807) is 14.1 Å². The fourth-order valence-corrected chi connectivity index (χ4v) is 4.41. The zero-order valence-electron chi connectivity index (χ0n) is 17.5. The predicted molar refractivity (Wildman–Crippen MR) is 107 cm³/mol. The average Bonchev–Trinajstić information content (AvgIpc) is 3.22. The molecule has 0 unspecified atom stereocenters. The molecule has 30 heavy (non-hydrogen) atoms. The van der Waals surface area contributed by atoms with Crippen molar-refractivity contribution in [1.29, 1.82) is 0 Å². The Balaban J connectivity index is 1.45. The minimum atomic E-state index is -0.272. The van der Waals surface area contributed by atoms with Crippen LogP contribution in [0, 0.1) is 6.92 Å². The summed E-state index contributed by atoms with van der Waals surface area (Å²) in [6, 6.07) is -0.199. The van der Waals surface area contributed by atoms with E-state index < -0.39 is 0 Å². The molecule has 2 aliphatic carbocycles. The molecule has 1 aliphatic heterocycles. The fourth-order valence-electron chi connectivity index (χ4n) is 4.41. The second-order valence-electron chi connectivity index (χ2n) is 8.60. The van der Waals surface area contributed by atoms with Crippen molar-refractivity contribution in [2.75, 3.05) is 40.5 Å². The van der Waals surface area contributed by atoms with E-state index in [0.29, 0.717) is 32.1 Å². The Labute approximate surface area is 174 Å². The highest BCUT2D eigenvalue weighted by molar-refractivity contribution is 5.96. The molecule has 3 heterocycles. The monoisotopic (exact) mass is 414 g/mol. The molecule has 2 aromatic heterocycles. The van der Waals surface area contributed by atoms with Gasteiger partial charge >= 0.3 is 6.03 Å². The highest BCUT2D eigenvalue weighted by Gasteiger charge is 2.52. The van der Waals surface area contributed by atoms with Crippen molar-refractivity contribution in [3.8, 4) is 11.3 Å². The molecule has 1 atom stereocenters. The molecular formula is C21H26N4O5. The Kier molecular flexibility index (Phi) is 4.48. The number of hydrogen-bond donors (Lipinski definition) is 1. The second kappa shape index (κ2) is 6.95. The third-order valence-corrected chi connectivity index (χ3v) is 6.25. The number of amides is 2. The Morgan fingerprint density at radius 1 is 1.33 bits per heavy atom. The van der Waals surface area contributed by atoms with E-state index in [1.165, 1.54) is 9.58 Å². The number of fused-ring (bicyclic) bond motifs is 4. The average molecular weight is 414 g/mol. The molecule has 2 fully saturated rings. The first-order valence-corrected chi connectivity index (χ1v) is 10.3. The van der Waals surface area contributed by atoms with Gasteiger partial charge in [-0.25, -0.2) is 4.79 Å². The van der Waals surface area contributed by atoms with Crippen molar-refractivity contribution >= 4 is 11.9 Å². The molecule has 5 rings (SSSR count). The third-order valence-electron chi connectivity index (χ3n) is 6.25. The van der Waals surface area contributed by atoms with Gasteiger partial charge in [0.15, 0.2) is 5.76 Å². The lowest BCUT2D eigenvalue weighted by Crippen LogP contribution is -2.39. The summed E-state index contributed by atoms with van der Waals surface area (Å²) in [4.78, 5) is 26.8. The molecule has 1 N–H and O–H groups in total.